The zero-order valence-electron chi connectivity index (χ0n) is 8.88. The predicted octanol–water partition coefficient (Wildman–Crippen LogP) is 1.21. The first-order valence-electron chi connectivity index (χ1n) is 4.81. The topological polar surface area (TPSA) is 55.1 Å². The lowest BCUT2D eigenvalue weighted by atomic mass is 10.1. The van der Waals surface area contributed by atoms with Gasteiger partial charge in [0.25, 0.3) is 5.91 Å². The van der Waals surface area contributed by atoms with Gasteiger partial charge in [0, 0.05) is 12.6 Å². The Morgan fingerprint density at radius 1 is 1.60 bits per heavy atom. The van der Waals surface area contributed by atoms with Crippen molar-refractivity contribution in [2.24, 2.45) is 5.73 Å². The van der Waals surface area contributed by atoms with E-state index in [0.29, 0.717) is 6.54 Å². The van der Waals surface area contributed by atoms with Crippen molar-refractivity contribution in [3.8, 4) is 0 Å². The highest BCUT2D eigenvalue weighted by Crippen LogP contribution is 2.09. The van der Waals surface area contributed by atoms with Crippen LogP contribution in [-0.2, 0) is 0 Å². The van der Waals surface area contributed by atoms with Crippen LogP contribution in [0.2, 0.25) is 0 Å². The van der Waals surface area contributed by atoms with E-state index in [0.717, 1.165) is 5.56 Å². The third-order valence-electron chi connectivity index (χ3n) is 2.10. The Balaban J connectivity index is 2.86. The van der Waals surface area contributed by atoms with E-state index in [2.05, 4.69) is 5.32 Å². The number of nitrogens with two attached hydrogens (primary N) is 1. The molecule has 1 aromatic carbocycles. The van der Waals surface area contributed by atoms with E-state index in [9.17, 15) is 9.18 Å². The van der Waals surface area contributed by atoms with Crippen molar-refractivity contribution in [2.75, 3.05) is 6.54 Å². The van der Waals surface area contributed by atoms with E-state index in [4.69, 9.17) is 5.73 Å². The Morgan fingerprint density at radius 3 is 2.87 bits per heavy atom. The summed E-state index contributed by atoms with van der Waals surface area (Å²) in [6, 6.07) is 4.28. The number of halogens is 1. The first kappa shape index (κ1) is 11.7. The van der Waals surface area contributed by atoms with Gasteiger partial charge in [0.2, 0.25) is 0 Å². The summed E-state index contributed by atoms with van der Waals surface area (Å²) in [5.74, 6) is -0.934. The first-order chi connectivity index (χ1) is 7.04. The van der Waals surface area contributed by atoms with Crippen molar-refractivity contribution < 1.29 is 9.18 Å². The maximum absolute atomic E-state index is 13.3. The number of aryl methyl sites for hydroxylation is 1. The van der Waals surface area contributed by atoms with Crippen LogP contribution in [0.15, 0.2) is 18.2 Å². The Hall–Kier alpha value is -1.42. The Morgan fingerprint density at radius 2 is 2.27 bits per heavy atom. The molecule has 1 aromatic rings. The van der Waals surface area contributed by atoms with Crippen molar-refractivity contribution in [3.05, 3.63) is 35.1 Å². The summed E-state index contributed by atoms with van der Waals surface area (Å²) in [5.41, 5.74) is 6.27. The highest BCUT2D eigenvalue weighted by molar-refractivity contribution is 5.94. The number of carbonyl (C=O) groups excluding carboxylic acids is 1. The summed E-state index contributed by atoms with van der Waals surface area (Å²) in [7, 11) is 0. The lowest BCUT2D eigenvalue weighted by molar-refractivity contribution is 0.0937. The highest BCUT2D eigenvalue weighted by Gasteiger charge is 2.13. The third-order valence-corrected chi connectivity index (χ3v) is 2.10. The van der Waals surface area contributed by atoms with Crippen LogP contribution in [0.5, 0.6) is 0 Å². The van der Waals surface area contributed by atoms with E-state index in [1.54, 1.807) is 13.0 Å². The number of carbonyl (C=O) groups is 1. The van der Waals surface area contributed by atoms with E-state index in [1.165, 1.54) is 12.1 Å². The zero-order valence-corrected chi connectivity index (χ0v) is 8.88. The van der Waals surface area contributed by atoms with E-state index in [1.807, 2.05) is 6.92 Å². The molecule has 1 amide bonds. The molecule has 4 heteroatoms. The number of rotatable bonds is 3. The molecule has 0 bridgehead atoms. The largest absolute Gasteiger partial charge is 0.348 e. The standard InChI is InChI=1S/C11H15FN2O/c1-7-3-4-10(12)9(5-7)11(15)14-8(2)6-13/h3-5,8H,6,13H2,1-2H3,(H,14,15)/t8-/m1/s1. The van der Waals surface area contributed by atoms with Crippen LogP contribution in [-0.4, -0.2) is 18.5 Å². The molecule has 0 radical (unpaired) electrons. The van der Waals surface area contributed by atoms with Gasteiger partial charge in [-0.2, -0.15) is 0 Å². The molecule has 3 N–H and O–H groups in total. The summed E-state index contributed by atoms with van der Waals surface area (Å²) in [5, 5.41) is 2.61. The number of amides is 1. The monoisotopic (exact) mass is 210 g/mol. The summed E-state index contributed by atoms with van der Waals surface area (Å²) < 4.78 is 13.3. The maximum atomic E-state index is 13.3. The third kappa shape index (κ3) is 3.02. The number of nitrogens with one attached hydrogen (secondary N) is 1. The minimum atomic E-state index is -0.512. The predicted molar refractivity (Wildman–Crippen MR) is 57.1 cm³/mol. The van der Waals surface area contributed by atoms with E-state index in [-0.39, 0.29) is 11.6 Å². The van der Waals surface area contributed by atoms with Crippen LogP contribution in [0.1, 0.15) is 22.8 Å². The van der Waals surface area contributed by atoms with Gasteiger partial charge in [0.05, 0.1) is 5.56 Å². The lowest BCUT2D eigenvalue weighted by Gasteiger charge is -2.11. The van der Waals surface area contributed by atoms with Crippen LogP contribution in [0, 0.1) is 12.7 Å². The molecule has 0 heterocycles. The molecular weight excluding hydrogens is 195 g/mol. The summed E-state index contributed by atoms with van der Waals surface area (Å²) in [6.45, 7) is 3.91. The number of hydrogen-bond donors (Lipinski definition) is 2. The van der Waals surface area contributed by atoms with Crippen LogP contribution in [0.3, 0.4) is 0 Å². The molecular formula is C11H15FN2O. The van der Waals surface area contributed by atoms with Gasteiger partial charge in [-0.15, -0.1) is 0 Å². The van der Waals surface area contributed by atoms with Gasteiger partial charge in [0.1, 0.15) is 5.82 Å². The van der Waals surface area contributed by atoms with Crippen molar-refractivity contribution in [2.45, 2.75) is 19.9 Å². The van der Waals surface area contributed by atoms with Gasteiger partial charge in [-0.3, -0.25) is 4.79 Å². The number of hydrogen-bond acceptors (Lipinski definition) is 2. The van der Waals surface area contributed by atoms with Gasteiger partial charge in [-0.05, 0) is 26.0 Å². The molecule has 0 fully saturated rings. The van der Waals surface area contributed by atoms with Gasteiger partial charge in [0.15, 0.2) is 0 Å². The van der Waals surface area contributed by atoms with Crippen molar-refractivity contribution in [1.29, 1.82) is 0 Å². The molecule has 15 heavy (non-hydrogen) atoms. The Kier molecular flexibility index (Phi) is 3.80. The fraction of sp³-hybridized carbons (Fsp3) is 0.364. The molecule has 0 saturated carbocycles. The second kappa shape index (κ2) is 4.89. The molecule has 0 spiro atoms. The van der Waals surface area contributed by atoms with Crippen molar-refractivity contribution >= 4 is 5.91 Å². The molecule has 1 rings (SSSR count). The Bertz CT molecular complexity index is 366. The van der Waals surface area contributed by atoms with Gasteiger partial charge in [-0.1, -0.05) is 11.6 Å². The minimum Gasteiger partial charge on any atom is -0.348 e. The molecule has 1 atom stereocenters. The molecule has 0 saturated heterocycles. The normalized spacial score (nSPS) is 12.3. The summed E-state index contributed by atoms with van der Waals surface area (Å²) in [6.07, 6.45) is 0. The molecule has 3 nitrogen and oxygen atoms in total. The summed E-state index contributed by atoms with van der Waals surface area (Å²) in [4.78, 5) is 11.6. The smallest absolute Gasteiger partial charge is 0.254 e. The molecule has 0 aliphatic carbocycles. The fourth-order valence-electron chi connectivity index (χ4n) is 1.17. The van der Waals surface area contributed by atoms with Crippen molar-refractivity contribution in [1.82, 2.24) is 5.32 Å². The lowest BCUT2D eigenvalue weighted by Crippen LogP contribution is -2.38. The van der Waals surface area contributed by atoms with Gasteiger partial charge < -0.3 is 11.1 Å². The fourth-order valence-corrected chi connectivity index (χ4v) is 1.17. The Labute approximate surface area is 88.5 Å². The maximum Gasteiger partial charge on any atom is 0.254 e. The van der Waals surface area contributed by atoms with E-state index < -0.39 is 11.7 Å². The van der Waals surface area contributed by atoms with Gasteiger partial charge >= 0.3 is 0 Å². The second-order valence-electron chi connectivity index (χ2n) is 3.59. The van der Waals surface area contributed by atoms with Crippen LogP contribution in [0.25, 0.3) is 0 Å². The zero-order chi connectivity index (χ0) is 11.4. The average Bonchev–Trinajstić information content (AvgIpc) is 2.21. The second-order valence-corrected chi connectivity index (χ2v) is 3.59. The van der Waals surface area contributed by atoms with Crippen LogP contribution >= 0.6 is 0 Å². The molecule has 0 aliphatic heterocycles. The van der Waals surface area contributed by atoms with Crippen LogP contribution in [0.4, 0.5) is 4.39 Å². The molecule has 0 aliphatic rings. The highest BCUT2D eigenvalue weighted by atomic mass is 19.1. The van der Waals surface area contributed by atoms with Gasteiger partial charge in [-0.25, -0.2) is 4.39 Å². The quantitative estimate of drug-likeness (QED) is 0.788. The van der Waals surface area contributed by atoms with Crippen LogP contribution < -0.4 is 11.1 Å². The number of benzene rings is 1. The molecule has 0 aromatic heterocycles. The first-order valence-corrected chi connectivity index (χ1v) is 4.81. The average molecular weight is 210 g/mol. The SMILES string of the molecule is Cc1ccc(F)c(C(=O)N[C@H](C)CN)c1. The summed E-state index contributed by atoms with van der Waals surface area (Å²) >= 11 is 0. The van der Waals surface area contributed by atoms with E-state index >= 15 is 0 Å². The van der Waals surface area contributed by atoms with Crippen molar-refractivity contribution in [3.63, 3.8) is 0 Å². The molecule has 0 unspecified atom stereocenters. The minimum absolute atomic E-state index is 0.0651. The molecule has 82 valence electrons.